The molecular weight excluding hydrogens is 399 g/mol. The number of hydrogen-bond acceptors (Lipinski definition) is 4. The summed E-state index contributed by atoms with van der Waals surface area (Å²) in [5.41, 5.74) is 2.17. The van der Waals surface area contributed by atoms with Crippen molar-refractivity contribution in [3.8, 4) is 0 Å². The van der Waals surface area contributed by atoms with E-state index in [1.54, 1.807) is 12.1 Å². The van der Waals surface area contributed by atoms with E-state index in [1.807, 2.05) is 42.5 Å². The highest BCUT2D eigenvalue weighted by atomic mass is 35.5. The van der Waals surface area contributed by atoms with Crippen LogP contribution in [0.4, 0.5) is 11.4 Å². The summed E-state index contributed by atoms with van der Waals surface area (Å²) in [5, 5.41) is 4.40. The molecule has 0 N–H and O–H groups in total. The van der Waals surface area contributed by atoms with Gasteiger partial charge in [0.25, 0.3) is 5.91 Å². The van der Waals surface area contributed by atoms with Crippen molar-refractivity contribution in [2.75, 3.05) is 4.90 Å². The summed E-state index contributed by atoms with van der Waals surface area (Å²) in [6.07, 6.45) is 0. The molecule has 1 amide bonds. The fourth-order valence-electron chi connectivity index (χ4n) is 2.88. The third kappa shape index (κ3) is 3.26. The molecule has 28 heavy (non-hydrogen) atoms. The molecule has 0 radical (unpaired) electrons. The average molecular weight is 411 g/mol. The number of nitrogens with zero attached hydrogens (tertiary/aromatic N) is 2. The van der Waals surface area contributed by atoms with E-state index in [1.165, 1.54) is 23.1 Å². The fourth-order valence-corrected chi connectivity index (χ4v) is 3.18. The molecule has 7 heteroatoms. The Hall–Kier alpha value is -3.15. The average Bonchev–Trinajstić information content (AvgIpc) is 3.00. The quantitative estimate of drug-likeness (QED) is 0.438. The van der Waals surface area contributed by atoms with Gasteiger partial charge < -0.3 is 4.84 Å². The van der Waals surface area contributed by atoms with Crippen LogP contribution in [0.3, 0.4) is 0 Å². The monoisotopic (exact) mass is 410 g/mol. The molecule has 0 aliphatic carbocycles. The number of oxime groups is 1. The molecule has 1 aliphatic heterocycles. The summed E-state index contributed by atoms with van der Waals surface area (Å²) < 4.78 is 0. The van der Waals surface area contributed by atoms with Gasteiger partial charge in [-0.25, -0.2) is 4.79 Å². The van der Waals surface area contributed by atoms with E-state index in [0.29, 0.717) is 22.0 Å². The highest BCUT2D eigenvalue weighted by Gasteiger charge is 2.35. The van der Waals surface area contributed by atoms with Gasteiger partial charge in [-0.2, -0.15) is 0 Å². The van der Waals surface area contributed by atoms with Crippen LogP contribution in [0.25, 0.3) is 0 Å². The van der Waals surface area contributed by atoms with Gasteiger partial charge in [0.05, 0.1) is 21.3 Å². The summed E-state index contributed by atoms with van der Waals surface area (Å²) in [5.74, 6) is -1.12. The molecule has 138 valence electrons. The first kappa shape index (κ1) is 18.2. The molecule has 0 aromatic heterocycles. The van der Waals surface area contributed by atoms with E-state index in [0.717, 1.165) is 0 Å². The minimum absolute atomic E-state index is 0.0489. The lowest BCUT2D eigenvalue weighted by molar-refractivity contribution is -0.111. The third-order valence-electron chi connectivity index (χ3n) is 4.20. The zero-order valence-electron chi connectivity index (χ0n) is 14.3. The van der Waals surface area contributed by atoms with Crippen molar-refractivity contribution < 1.29 is 14.4 Å². The van der Waals surface area contributed by atoms with Crippen LogP contribution in [0, 0.1) is 0 Å². The number of rotatable bonds is 3. The van der Waals surface area contributed by atoms with Gasteiger partial charge in [0.1, 0.15) is 0 Å². The number of benzene rings is 3. The van der Waals surface area contributed by atoms with Crippen LogP contribution >= 0.6 is 23.2 Å². The second-order valence-corrected chi connectivity index (χ2v) is 6.76. The van der Waals surface area contributed by atoms with Gasteiger partial charge in [-0.15, -0.1) is 0 Å². The molecule has 0 saturated carbocycles. The van der Waals surface area contributed by atoms with Crippen LogP contribution in [0.1, 0.15) is 15.9 Å². The Kier molecular flexibility index (Phi) is 4.86. The molecule has 1 aliphatic rings. The Balaban J connectivity index is 1.67. The first-order chi connectivity index (χ1) is 13.6. The molecule has 3 aromatic rings. The lowest BCUT2D eigenvalue weighted by Gasteiger charge is -2.16. The molecule has 0 bridgehead atoms. The predicted octanol–water partition coefficient (Wildman–Crippen LogP) is 5.23. The topological polar surface area (TPSA) is 59.0 Å². The van der Waals surface area contributed by atoms with Crippen molar-refractivity contribution in [3.05, 3.63) is 94.0 Å². The maximum absolute atomic E-state index is 13.0. The first-order valence-corrected chi connectivity index (χ1v) is 9.05. The van der Waals surface area contributed by atoms with Crippen molar-refractivity contribution in [3.63, 3.8) is 0 Å². The van der Waals surface area contributed by atoms with Gasteiger partial charge in [0.15, 0.2) is 5.71 Å². The molecule has 5 nitrogen and oxygen atoms in total. The standard InChI is InChI=1S/C21H12Cl2N2O3/c22-16-11-10-13(12-17(16)23)21(27)28-24-19-15-8-4-5-9-18(15)25(20(19)26)14-6-2-1-3-7-14/h1-12H. The molecule has 1 heterocycles. The van der Waals surface area contributed by atoms with Crippen molar-refractivity contribution >= 4 is 52.2 Å². The molecule has 0 saturated heterocycles. The Labute approximate surface area is 170 Å². The SMILES string of the molecule is O=C(ON=C1C(=O)N(c2ccccc2)c2ccccc21)c1ccc(Cl)c(Cl)c1. The van der Waals surface area contributed by atoms with E-state index in [2.05, 4.69) is 5.16 Å². The number of carbonyl (C=O) groups excluding carboxylic acids is 2. The molecule has 4 rings (SSSR count). The first-order valence-electron chi connectivity index (χ1n) is 8.29. The molecular formula is C21H12Cl2N2O3. The Morgan fingerprint density at radius 1 is 0.893 bits per heavy atom. The second kappa shape index (κ2) is 7.46. The number of halogens is 2. The summed E-state index contributed by atoms with van der Waals surface area (Å²) in [4.78, 5) is 31.8. The summed E-state index contributed by atoms with van der Waals surface area (Å²) in [6, 6.07) is 20.7. The van der Waals surface area contributed by atoms with Crippen LogP contribution < -0.4 is 4.90 Å². The number of amides is 1. The molecule has 3 aromatic carbocycles. The molecule has 0 spiro atoms. The van der Waals surface area contributed by atoms with Crippen LogP contribution in [-0.4, -0.2) is 17.6 Å². The largest absolute Gasteiger partial charge is 0.365 e. The van der Waals surface area contributed by atoms with Crippen LogP contribution in [-0.2, 0) is 9.63 Å². The van der Waals surface area contributed by atoms with Crippen molar-refractivity contribution in [1.29, 1.82) is 0 Å². The number of para-hydroxylation sites is 2. The highest BCUT2D eigenvalue weighted by Crippen LogP contribution is 2.35. The third-order valence-corrected chi connectivity index (χ3v) is 4.93. The number of hydrogen-bond donors (Lipinski definition) is 0. The minimum atomic E-state index is -0.741. The second-order valence-electron chi connectivity index (χ2n) is 5.94. The van der Waals surface area contributed by atoms with E-state index in [-0.39, 0.29) is 22.2 Å². The lowest BCUT2D eigenvalue weighted by atomic mass is 10.1. The molecule has 0 atom stereocenters. The molecule has 0 unspecified atom stereocenters. The zero-order chi connectivity index (χ0) is 19.7. The van der Waals surface area contributed by atoms with E-state index >= 15 is 0 Å². The molecule has 0 fully saturated rings. The Bertz CT molecular complexity index is 1110. The van der Waals surface area contributed by atoms with E-state index < -0.39 is 5.97 Å². The zero-order valence-corrected chi connectivity index (χ0v) is 15.8. The number of anilines is 2. The van der Waals surface area contributed by atoms with Gasteiger partial charge in [-0.05, 0) is 36.4 Å². The van der Waals surface area contributed by atoms with Gasteiger partial charge in [0, 0.05) is 11.3 Å². The van der Waals surface area contributed by atoms with Crippen LogP contribution in [0.2, 0.25) is 10.0 Å². The van der Waals surface area contributed by atoms with Gasteiger partial charge in [-0.3, -0.25) is 9.69 Å². The van der Waals surface area contributed by atoms with Gasteiger partial charge in [0.2, 0.25) is 0 Å². The number of fused-ring (bicyclic) bond motifs is 1. The Morgan fingerprint density at radius 3 is 2.36 bits per heavy atom. The highest BCUT2D eigenvalue weighted by molar-refractivity contribution is 6.55. The smallest absolute Gasteiger partial charge is 0.312 e. The normalized spacial score (nSPS) is 14.3. The minimum Gasteiger partial charge on any atom is -0.312 e. The van der Waals surface area contributed by atoms with Crippen molar-refractivity contribution in [1.82, 2.24) is 0 Å². The fraction of sp³-hybridized carbons (Fsp3) is 0. The van der Waals surface area contributed by atoms with E-state index in [9.17, 15) is 9.59 Å². The maximum Gasteiger partial charge on any atom is 0.365 e. The van der Waals surface area contributed by atoms with Crippen LogP contribution in [0.15, 0.2) is 78.0 Å². The van der Waals surface area contributed by atoms with Crippen molar-refractivity contribution in [2.45, 2.75) is 0 Å². The van der Waals surface area contributed by atoms with Crippen LogP contribution in [0.5, 0.6) is 0 Å². The number of carbonyl (C=O) groups is 2. The van der Waals surface area contributed by atoms with Crippen molar-refractivity contribution in [2.24, 2.45) is 5.16 Å². The maximum atomic E-state index is 13.0. The summed E-state index contributed by atoms with van der Waals surface area (Å²) in [6.45, 7) is 0. The summed E-state index contributed by atoms with van der Waals surface area (Å²) >= 11 is 11.8. The van der Waals surface area contributed by atoms with E-state index in [4.69, 9.17) is 28.0 Å². The van der Waals surface area contributed by atoms with Gasteiger partial charge >= 0.3 is 5.97 Å². The Morgan fingerprint density at radius 2 is 1.61 bits per heavy atom. The predicted molar refractivity (Wildman–Crippen MR) is 108 cm³/mol. The lowest BCUT2D eigenvalue weighted by Crippen LogP contribution is -2.25. The van der Waals surface area contributed by atoms with Gasteiger partial charge in [-0.1, -0.05) is 64.8 Å². The summed E-state index contributed by atoms with van der Waals surface area (Å²) in [7, 11) is 0.